The van der Waals surface area contributed by atoms with Gasteiger partial charge in [0.25, 0.3) is 0 Å². The van der Waals surface area contributed by atoms with Gasteiger partial charge in [0, 0.05) is 5.37 Å². The lowest BCUT2D eigenvalue weighted by Crippen LogP contribution is -2.48. The first kappa shape index (κ1) is 26.9. The van der Waals surface area contributed by atoms with Crippen molar-refractivity contribution >= 4 is 67.5 Å². The van der Waals surface area contributed by atoms with E-state index in [0.717, 1.165) is 6.42 Å². The van der Waals surface area contributed by atoms with E-state index in [4.69, 9.17) is 12.2 Å². The summed E-state index contributed by atoms with van der Waals surface area (Å²) in [6.45, 7) is 11.5. The number of aryl methyl sites for hydroxylation is 3. The van der Waals surface area contributed by atoms with Crippen LogP contribution >= 0.6 is 12.2 Å². The molecule has 2 heteroatoms. The second-order valence-electron chi connectivity index (χ2n) is 12.5. The zero-order valence-electron chi connectivity index (χ0n) is 25.1. The van der Waals surface area contributed by atoms with Gasteiger partial charge in [0.2, 0.25) is 6.71 Å². The minimum absolute atomic E-state index is 0.105. The van der Waals surface area contributed by atoms with Crippen molar-refractivity contribution in [1.29, 1.82) is 0 Å². The van der Waals surface area contributed by atoms with Crippen molar-refractivity contribution in [1.82, 2.24) is 0 Å². The van der Waals surface area contributed by atoms with Gasteiger partial charge in [0.05, 0.1) is 0 Å². The molecule has 0 fully saturated rings. The molecule has 1 unspecified atom stereocenters. The molecule has 42 heavy (non-hydrogen) atoms. The summed E-state index contributed by atoms with van der Waals surface area (Å²) in [6, 6.07) is 34.2. The van der Waals surface area contributed by atoms with Crippen molar-refractivity contribution in [3.63, 3.8) is 0 Å². The fourth-order valence-corrected chi connectivity index (χ4v) is 8.01. The van der Waals surface area contributed by atoms with Crippen molar-refractivity contribution in [2.24, 2.45) is 5.92 Å². The van der Waals surface area contributed by atoms with Gasteiger partial charge >= 0.3 is 0 Å². The summed E-state index contributed by atoms with van der Waals surface area (Å²) in [5, 5.41) is 9.86. The highest BCUT2D eigenvalue weighted by molar-refractivity contribution is 7.79. The molecule has 0 heterocycles. The molecule has 0 amide bonds. The van der Waals surface area contributed by atoms with Crippen LogP contribution in [0.3, 0.4) is 0 Å². The largest absolute Gasteiger partial charge is 0.243 e. The lowest BCUT2D eigenvalue weighted by molar-refractivity contribution is 0.702. The zero-order valence-corrected chi connectivity index (χ0v) is 25.9. The van der Waals surface area contributed by atoms with E-state index in [0.29, 0.717) is 5.92 Å². The molecule has 0 spiro atoms. The molecule has 0 N–H and O–H groups in total. The number of hydrogen-bond acceptors (Lipinski definition) is 1. The molecule has 0 saturated heterocycles. The van der Waals surface area contributed by atoms with Crippen LogP contribution in [0.2, 0.25) is 0 Å². The highest BCUT2D eigenvalue weighted by Gasteiger charge is 2.33. The van der Waals surface area contributed by atoms with E-state index in [-0.39, 0.29) is 6.71 Å². The van der Waals surface area contributed by atoms with E-state index in [2.05, 4.69) is 132 Å². The smallest absolute Gasteiger partial charge is 0.0881 e. The van der Waals surface area contributed by atoms with Gasteiger partial charge in [-0.1, -0.05) is 143 Å². The molecule has 6 aromatic rings. The van der Waals surface area contributed by atoms with Gasteiger partial charge in [0.15, 0.2) is 0 Å². The maximum absolute atomic E-state index is 5.68. The van der Waals surface area contributed by atoms with E-state index >= 15 is 0 Å². The second-order valence-corrected chi connectivity index (χ2v) is 12.7. The lowest BCUT2D eigenvalue weighted by Gasteiger charge is -2.30. The SMILES string of the molecule is CC1=C(B(c2c(C)cc(C)cc2C)c2ccc3ccc4cc(-c5ccccc5)cc5ccc2c3c45)C(C=S)=CC(C)C1. The van der Waals surface area contributed by atoms with Crippen molar-refractivity contribution in [3.8, 4) is 11.1 Å². The van der Waals surface area contributed by atoms with Crippen LogP contribution in [-0.4, -0.2) is 12.1 Å². The number of hydrogen-bond donors (Lipinski definition) is 0. The van der Waals surface area contributed by atoms with E-state index in [9.17, 15) is 0 Å². The average molecular weight is 559 g/mol. The molecule has 0 saturated carbocycles. The molecule has 1 atom stereocenters. The molecule has 1 aliphatic rings. The number of thiocarbonyl (C=S) groups is 1. The summed E-state index contributed by atoms with van der Waals surface area (Å²) in [4.78, 5) is 0. The maximum Gasteiger partial charge on any atom is 0.243 e. The summed E-state index contributed by atoms with van der Waals surface area (Å²) in [5.74, 6) is 0.490. The molecular weight excluding hydrogens is 523 g/mol. The normalized spacial score (nSPS) is 15.5. The van der Waals surface area contributed by atoms with Crippen LogP contribution in [0.4, 0.5) is 0 Å². The Morgan fingerprint density at radius 3 is 2.05 bits per heavy atom. The van der Waals surface area contributed by atoms with Crippen LogP contribution in [0, 0.1) is 26.7 Å². The van der Waals surface area contributed by atoms with Gasteiger partial charge in [0.1, 0.15) is 0 Å². The van der Waals surface area contributed by atoms with Crippen LogP contribution in [0.15, 0.2) is 114 Å². The van der Waals surface area contributed by atoms with Crippen molar-refractivity contribution in [2.75, 3.05) is 0 Å². The monoisotopic (exact) mass is 558 g/mol. The van der Waals surface area contributed by atoms with Gasteiger partial charge in [-0.25, -0.2) is 0 Å². The van der Waals surface area contributed by atoms with Crippen molar-refractivity contribution in [2.45, 2.75) is 41.0 Å². The second kappa shape index (κ2) is 10.4. The van der Waals surface area contributed by atoms with E-state index in [1.165, 1.54) is 87.7 Å². The highest BCUT2D eigenvalue weighted by Crippen LogP contribution is 2.38. The number of benzene rings is 6. The van der Waals surface area contributed by atoms with Crippen LogP contribution in [-0.2, 0) is 0 Å². The summed E-state index contributed by atoms with van der Waals surface area (Å²) in [5.41, 5.74) is 13.3. The minimum atomic E-state index is 0.105. The first-order valence-corrected chi connectivity index (χ1v) is 15.5. The molecule has 1 aliphatic carbocycles. The average Bonchev–Trinajstić information content (AvgIpc) is 2.98. The molecule has 7 rings (SSSR count). The fraction of sp³-hybridized carbons (Fsp3) is 0.175. The molecule has 0 nitrogen and oxygen atoms in total. The number of allylic oxidation sites excluding steroid dienone is 4. The molecule has 0 bridgehead atoms. The first-order chi connectivity index (χ1) is 20.3. The maximum atomic E-state index is 5.68. The Morgan fingerprint density at radius 2 is 1.36 bits per heavy atom. The minimum Gasteiger partial charge on any atom is -0.0881 e. The van der Waals surface area contributed by atoms with Gasteiger partial charge in [-0.2, -0.15) is 0 Å². The fourth-order valence-electron chi connectivity index (χ4n) is 7.80. The van der Waals surface area contributed by atoms with E-state index in [1.807, 2.05) is 5.37 Å². The Kier molecular flexibility index (Phi) is 6.63. The molecule has 0 radical (unpaired) electrons. The topological polar surface area (TPSA) is 0 Å². The van der Waals surface area contributed by atoms with Crippen LogP contribution in [0.5, 0.6) is 0 Å². The van der Waals surface area contributed by atoms with Crippen molar-refractivity contribution in [3.05, 3.63) is 130 Å². The summed E-state index contributed by atoms with van der Waals surface area (Å²) in [7, 11) is 0. The highest BCUT2D eigenvalue weighted by atomic mass is 32.1. The van der Waals surface area contributed by atoms with E-state index in [1.54, 1.807) is 0 Å². The Bertz CT molecular complexity index is 2040. The first-order valence-electron chi connectivity index (χ1n) is 15.1. The Labute approximate surface area is 255 Å². The lowest BCUT2D eigenvalue weighted by atomic mass is 9.32. The van der Waals surface area contributed by atoms with E-state index < -0.39 is 0 Å². The Hall–Kier alpha value is -4.01. The van der Waals surface area contributed by atoms with Crippen molar-refractivity contribution < 1.29 is 0 Å². The van der Waals surface area contributed by atoms with Crippen LogP contribution < -0.4 is 10.9 Å². The third-order valence-corrected chi connectivity index (χ3v) is 9.61. The van der Waals surface area contributed by atoms with Crippen LogP contribution in [0.25, 0.3) is 43.4 Å². The molecule has 204 valence electrons. The zero-order chi connectivity index (χ0) is 29.1. The standard InChI is InChI=1S/C40H35BS/c1-24-17-26(3)39(27(4)18-24)41(40-28(5)19-25(2)20-34(40)23-42)36-16-14-30-11-12-31-21-33(29-9-7-6-8-10-29)22-32-13-15-35(36)38(30)37(31)32/h6-18,20-23,25H,19H2,1-5H3. The van der Waals surface area contributed by atoms with Gasteiger partial charge in [-0.15, -0.1) is 0 Å². The third-order valence-electron chi connectivity index (χ3n) is 9.36. The molecule has 0 aromatic heterocycles. The van der Waals surface area contributed by atoms with Gasteiger partial charge in [-0.3, -0.25) is 0 Å². The third kappa shape index (κ3) is 4.32. The Balaban J connectivity index is 1.55. The number of rotatable bonds is 5. The summed E-state index contributed by atoms with van der Waals surface area (Å²) >= 11 is 5.68. The van der Waals surface area contributed by atoms with Gasteiger partial charge in [-0.05, 0) is 101 Å². The Morgan fingerprint density at radius 1 is 0.714 bits per heavy atom. The quantitative estimate of drug-likeness (QED) is 0.115. The molecular formula is C40H35BS. The van der Waals surface area contributed by atoms with Gasteiger partial charge < -0.3 is 0 Å². The summed E-state index contributed by atoms with van der Waals surface area (Å²) in [6.07, 6.45) is 3.46. The predicted octanol–water partition coefficient (Wildman–Crippen LogP) is 9.61. The summed E-state index contributed by atoms with van der Waals surface area (Å²) < 4.78 is 0. The predicted molar refractivity (Wildman–Crippen MR) is 189 cm³/mol. The molecule has 6 aromatic carbocycles. The molecule has 0 aliphatic heterocycles. The van der Waals surface area contributed by atoms with Crippen LogP contribution in [0.1, 0.15) is 37.0 Å².